The summed E-state index contributed by atoms with van der Waals surface area (Å²) in [4.78, 5) is 14.5. The van der Waals surface area contributed by atoms with Gasteiger partial charge in [0, 0.05) is 12.5 Å². The highest BCUT2D eigenvalue weighted by molar-refractivity contribution is 5.79. The van der Waals surface area contributed by atoms with Crippen LogP contribution in [-0.2, 0) is 4.79 Å². The Bertz CT molecular complexity index is 346. The predicted octanol–water partition coefficient (Wildman–Crippen LogP) is 1.40. The number of carbonyl (C=O) groups excluding carboxylic acids is 1. The van der Waals surface area contributed by atoms with Crippen molar-refractivity contribution in [3.05, 3.63) is 0 Å². The third-order valence-electron chi connectivity index (χ3n) is 4.65. The van der Waals surface area contributed by atoms with Gasteiger partial charge in [-0.3, -0.25) is 4.79 Å². The Morgan fingerprint density at radius 3 is 2.23 bits per heavy atom. The van der Waals surface area contributed by atoms with Gasteiger partial charge in [0.05, 0.1) is 24.9 Å². The molecule has 1 rings (SSSR count). The maximum absolute atomic E-state index is 12.8. The summed E-state index contributed by atoms with van der Waals surface area (Å²) in [6.07, 6.45) is 0.892. The zero-order valence-electron chi connectivity index (χ0n) is 14.4. The number of likely N-dealkylation sites (tertiary alicyclic amines) is 1. The van der Waals surface area contributed by atoms with E-state index in [2.05, 4.69) is 0 Å². The minimum Gasteiger partial charge on any atom is -0.394 e. The number of rotatable bonds is 8. The van der Waals surface area contributed by atoms with Gasteiger partial charge in [0.25, 0.3) is 0 Å². The van der Waals surface area contributed by atoms with Crippen LogP contribution in [0.5, 0.6) is 0 Å². The Labute approximate surface area is 134 Å². The molecule has 0 saturated carbocycles. The highest BCUT2D eigenvalue weighted by Gasteiger charge is 2.36. The molecule has 1 aliphatic rings. The summed E-state index contributed by atoms with van der Waals surface area (Å²) in [5.74, 6) is 0.0786. The molecule has 4 atom stereocenters. The smallest absolute Gasteiger partial charge is 0.226 e. The monoisotopic (exact) mass is 315 g/mol. The van der Waals surface area contributed by atoms with Crippen LogP contribution in [0.3, 0.4) is 0 Å². The van der Waals surface area contributed by atoms with Crippen molar-refractivity contribution >= 4 is 5.91 Å². The van der Waals surface area contributed by atoms with Gasteiger partial charge < -0.3 is 20.2 Å². The van der Waals surface area contributed by atoms with Crippen molar-refractivity contribution in [2.24, 2.45) is 17.8 Å². The first-order valence-corrected chi connectivity index (χ1v) is 8.55. The highest BCUT2D eigenvalue weighted by Crippen LogP contribution is 2.27. The first-order chi connectivity index (χ1) is 10.3. The number of aliphatic hydroxyl groups excluding tert-OH is 3. The lowest BCUT2D eigenvalue weighted by atomic mass is 9.86. The maximum Gasteiger partial charge on any atom is 0.226 e. The van der Waals surface area contributed by atoms with Gasteiger partial charge in [-0.05, 0) is 37.5 Å². The number of carbonyl (C=O) groups is 1. The van der Waals surface area contributed by atoms with Crippen LogP contribution < -0.4 is 0 Å². The van der Waals surface area contributed by atoms with Crippen LogP contribution in [0.4, 0.5) is 0 Å². The molecule has 0 aromatic carbocycles. The molecule has 3 N–H and O–H groups in total. The number of hydrogen-bond donors (Lipinski definition) is 3. The molecule has 0 unspecified atom stereocenters. The van der Waals surface area contributed by atoms with E-state index in [0.717, 1.165) is 12.8 Å². The summed E-state index contributed by atoms with van der Waals surface area (Å²) in [5, 5.41) is 29.7. The van der Waals surface area contributed by atoms with Gasteiger partial charge >= 0.3 is 0 Å². The van der Waals surface area contributed by atoms with Crippen LogP contribution >= 0.6 is 0 Å². The average Bonchev–Trinajstić information content (AvgIpc) is 2.90. The predicted molar refractivity (Wildman–Crippen MR) is 86.2 cm³/mol. The zero-order valence-corrected chi connectivity index (χ0v) is 14.4. The van der Waals surface area contributed by atoms with Crippen LogP contribution in [0.2, 0.25) is 0 Å². The fourth-order valence-electron chi connectivity index (χ4n) is 3.24. The lowest BCUT2D eigenvalue weighted by Gasteiger charge is -2.32. The lowest BCUT2D eigenvalue weighted by Crippen LogP contribution is -2.44. The van der Waals surface area contributed by atoms with Gasteiger partial charge in [-0.1, -0.05) is 27.7 Å². The lowest BCUT2D eigenvalue weighted by molar-refractivity contribution is -0.140. The Hall–Kier alpha value is -0.650. The topological polar surface area (TPSA) is 81.0 Å². The van der Waals surface area contributed by atoms with Crippen molar-refractivity contribution in [2.45, 2.75) is 71.6 Å². The number of aliphatic hydroxyl groups is 3. The van der Waals surface area contributed by atoms with Crippen LogP contribution in [0.1, 0.15) is 53.4 Å². The van der Waals surface area contributed by atoms with Gasteiger partial charge in [0.1, 0.15) is 0 Å². The van der Waals surface area contributed by atoms with E-state index in [1.165, 1.54) is 0 Å². The fraction of sp³-hybridized carbons (Fsp3) is 0.941. The molecule has 0 aromatic heterocycles. The van der Waals surface area contributed by atoms with Crippen LogP contribution in [0.25, 0.3) is 0 Å². The molecule has 1 fully saturated rings. The first kappa shape index (κ1) is 19.4. The molecular weight excluding hydrogens is 282 g/mol. The Morgan fingerprint density at radius 2 is 1.73 bits per heavy atom. The zero-order chi connectivity index (χ0) is 16.9. The molecule has 0 spiro atoms. The SMILES string of the molecule is CC(C)C[C@@H](O)[C@H](O)C[C@H](C(=O)N1CCC[C@H]1CO)C(C)C. The molecule has 0 aliphatic carbocycles. The molecule has 1 amide bonds. The van der Waals surface area contributed by atoms with Gasteiger partial charge in [0.2, 0.25) is 5.91 Å². The Balaban J connectivity index is 2.70. The quantitative estimate of drug-likeness (QED) is 0.632. The van der Waals surface area contributed by atoms with Crippen LogP contribution in [-0.4, -0.2) is 57.5 Å². The minimum atomic E-state index is -0.881. The second-order valence-corrected chi connectivity index (χ2v) is 7.36. The van der Waals surface area contributed by atoms with E-state index in [4.69, 9.17) is 0 Å². The minimum absolute atomic E-state index is 0.00217. The number of hydrogen-bond acceptors (Lipinski definition) is 4. The van der Waals surface area contributed by atoms with Gasteiger partial charge in [-0.25, -0.2) is 0 Å². The maximum atomic E-state index is 12.8. The summed E-state index contributed by atoms with van der Waals surface area (Å²) in [5.41, 5.74) is 0. The van der Waals surface area contributed by atoms with Crippen molar-refractivity contribution in [3.8, 4) is 0 Å². The van der Waals surface area contributed by atoms with E-state index in [0.29, 0.717) is 18.9 Å². The second-order valence-electron chi connectivity index (χ2n) is 7.36. The molecule has 5 heteroatoms. The molecule has 1 saturated heterocycles. The van der Waals surface area contributed by atoms with E-state index in [1.54, 1.807) is 4.90 Å². The molecule has 1 aliphatic heterocycles. The third kappa shape index (κ3) is 5.21. The molecule has 0 radical (unpaired) electrons. The summed E-state index contributed by atoms with van der Waals surface area (Å²) < 4.78 is 0. The van der Waals surface area contributed by atoms with E-state index in [-0.39, 0.29) is 36.8 Å². The first-order valence-electron chi connectivity index (χ1n) is 8.55. The summed E-state index contributed by atoms with van der Waals surface area (Å²) in [6.45, 7) is 8.60. The van der Waals surface area contributed by atoms with E-state index in [9.17, 15) is 20.1 Å². The Morgan fingerprint density at radius 1 is 1.14 bits per heavy atom. The fourth-order valence-corrected chi connectivity index (χ4v) is 3.24. The molecule has 130 valence electrons. The van der Waals surface area contributed by atoms with Crippen molar-refractivity contribution in [1.82, 2.24) is 4.90 Å². The molecular formula is C17H33NO4. The Kier molecular flexibility index (Phi) is 7.80. The second kappa shape index (κ2) is 8.85. The largest absolute Gasteiger partial charge is 0.394 e. The summed E-state index contributed by atoms with van der Waals surface area (Å²) >= 11 is 0. The van der Waals surface area contributed by atoms with E-state index >= 15 is 0 Å². The molecule has 0 aromatic rings. The molecule has 0 bridgehead atoms. The van der Waals surface area contributed by atoms with Gasteiger partial charge in [-0.15, -0.1) is 0 Å². The van der Waals surface area contributed by atoms with E-state index < -0.39 is 12.2 Å². The summed E-state index contributed by atoms with van der Waals surface area (Å²) in [6, 6.07) is -0.0912. The number of amides is 1. The third-order valence-corrected chi connectivity index (χ3v) is 4.65. The van der Waals surface area contributed by atoms with Gasteiger partial charge in [-0.2, -0.15) is 0 Å². The molecule has 22 heavy (non-hydrogen) atoms. The van der Waals surface area contributed by atoms with Crippen LogP contribution in [0.15, 0.2) is 0 Å². The normalized spacial score (nSPS) is 23.1. The molecule has 1 heterocycles. The van der Waals surface area contributed by atoms with Crippen molar-refractivity contribution in [1.29, 1.82) is 0 Å². The molecule has 5 nitrogen and oxygen atoms in total. The van der Waals surface area contributed by atoms with Gasteiger partial charge in [0.15, 0.2) is 0 Å². The van der Waals surface area contributed by atoms with Crippen molar-refractivity contribution in [3.63, 3.8) is 0 Å². The summed E-state index contributed by atoms with van der Waals surface area (Å²) in [7, 11) is 0. The standard InChI is InChI=1S/C17H33NO4/c1-11(2)8-15(20)16(21)9-14(12(3)4)17(22)18-7-5-6-13(18)10-19/h11-16,19-21H,5-10H2,1-4H3/t13-,14-,15+,16+/m0/s1. The highest BCUT2D eigenvalue weighted by atomic mass is 16.3. The van der Waals surface area contributed by atoms with Crippen molar-refractivity contribution < 1.29 is 20.1 Å². The van der Waals surface area contributed by atoms with Crippen LogP contribution in [0, 0.1) is 17.8 Å². The average molecular weight is 315 g/mol. The van der Waals surface area contributed by atoms with Crippen molar-refractivity contribution in [2.75, 3.05) is 13.2 Å². The number of nitrogens with zero attached hydrogens (tertiary/aromatic N) is 1. The van der Waals surface area contributed by atoms with E-state index in [1.807, 2.05) is 27.7 Å².